The van der Waals surface area contributed by atoms with Crippen molar-refractivity contribution >= 4 is 11.8 Å². The van der Waals surface area contributed by atoms with Crippen molar-refractivity contribution in [3.8, 4) is 17.6 Å². The number of carbonyl (C=O) groups is 1. The number of nitrogens with zero attached hydrogens (tertiary/aromatic N) is 2. The molecule has 0 saturated carbocycles. The fourth-order valence-electron chi connectivity index (χ4n) is 2.59. The summed E-state index contributed by atoms with van der Waals surface area (Å²) in [4.78, 5) is 13.8. The van der Waals surface area contributed by atoms with Gasteiger partial charge in [0.25, 0.3) is 0 Å². The molecule has 6 nitrogen and oxygen atoms in total. The molecule has 2 aromatic carbocycles. The molecular weight excluding hydrogens is 320 g/mol. The highest BCUT2D eigenvalue weighted by atomic mass is 16.6. The van der Waals surface area contributed by atoms with E-state index in [0.29, 0.717) is 17.9 Å². The maximum absolute atomic E-state index is 12.2. The lowest BCUT2D eigenvalue weighted by atomic mass is 10.1. The van der Waals surface area contributed by atoms with Crippen LogP contribution in [-0.4, -0.2) is 32.0 Å². The Morgan fingerprint density at radius 2 is 1.80 bits per heavy atom. The van der Waals surface area contributed by atoms with Gasteiger partial charge < -0.3 is 14.2 Å². The number of anilines is 1. The number of nitriles is 1. The molecule has 0 bridgehead atoms. The first-order chi connectivity index (χ1) is 12.0. The number of methoxy groups -OCH3 is 1. The van der Waals surface area contributed by atoms with Gasteiger partial charge in [-0.2, -0.15) is 5.26 Å². The van der Waals surface area contributed by atoms with Crippen LogP contribution in [0.4, 0.5) is 10.5 Å². The fourth-order valence-corrected chi connectivity index (χ4v) is 2.59. The molecular formula is C19H18N2O4. The summed E-state index contributed by atoms with van der Waals surface area (Å²) < 4.78 is 16.4. The van der Waals surface area contributed by atoms with Crippen LogP contribution in [0, 0.1) is 11.3 Å². The molecule has 1 unspecified atom stereocenters. The third kappa shape index (κ3) is 3.66. The number of benzene rings is 2. The average Bonchev–Trinajstić information content (AvgIpc) is 2.95. The van der Waals surface area contributed by atoms with Crippen LogP contribution in [0.3, 0.4) is 0 Å². The summed E-state index contributed by atoms with van der Waals surface area (Å²) >= 11 is 0. The van der Waals surface area contributed by atoms with Crippen LogP contribution in [0.5, 0.6) is 11.5 Å². The zero-order valence-corrected chi connectivity index (χ0v) is 14.1. The first kappa shape index (κ1) is 16.7. The topological polar surface area (TPSA) is 71.8 Å². The monoisotopic (exact) mass is 338 g/mol. The van der Waals surface area contributed by atoms with E-state index >= 15 is 0 Å². The Bertz CT molecular complexity index is 796. The summed E-state index contributed by atoms with van der Waals surface area (Å²) in [6, 6.07) is 16.1. The van der Waals surface area contributed by atoms with E-state index in [1.54, 1.807) is 48.4 Å². The van der Waals surface area contributed by atoms with E-state index in [4.69, 9.17) is 19.5 Å². The largest absolute Gasteiger partial charge is 0.497 e. The highest BCUT2D eigenvalue weighted by Crippen LogP contribution is 2.29. The van der Waals surface area contributed by atoms with Gasteiger partial charge in [-0.15, -0.1) is 0 Å². The maximum atomic E-state index is 12.2. The smallest absolute Gasteiger partial charge is 0.415 e. The summed E-state index contributed by atoms with van der Waals surface area (Å²) in [6.45, 7) is 2.43. The quantitative estimate of drug-likeness (QED) is 0.836. The number of amides is 1. The third-order valence-corrected chi connectivity index (χ3v) is 3.96. The minimum Gasteiger partial charge on any atom is -0.497 e. The second-order valence-corrected chi connectivity index (χ2v) is 6.03. The van der Waals surface area contributed by atoms with Crippen LogP contribution in [-0.2, 0) is 4.74 Å². The van der Waals surface area contributed by atoms with E-state index in [0.717, 1.165) is 11.4 Å². The number of cyclic esters (lactones) is 1. The number of carbonyl (C=O) groups excluding carboxylic acids is 1. The molecule has 1 atom stereocenters. The highest BCUT2D eigenvalue weighted by molar-refractivity contribution is 5.90. The average molecular weight is 338 g/mol. The molecule has 1 aliphatic heterocycles. The van der Waals surface area contributed by atoms with E-state index in [9.17, 15) is 4.79 Å². The SMILES string of the molecule is COc1ccc(N2CC(C)(COc3ccc(C#N)cc3)OC2=O)cc1. The molecule has 0 spiro atoms. The summed E-state index contributed by atoms with van der Waals surface area (Å²) in [5.74, 6) is 1.35. The van der Waals surface area contributed by atoms with Gasteiger partial charge in [0.1, 0.15) is 18.1 Å². The van der Waals surface area contributed by atoms with E-state index in [2.05, 4.69) is 6.07 Å². The van der Waals surface area contributed by atoms with Crippen molar-refractivity contribution in [1.82, 2.24) is 0 Å². The molecule has 6 heteroatoms. The number of rotatable bonds is 5. The first-order valence-corrected chi connectivity index (χ1v) is 7.80. The Morgan fingerprint density at radius 3 is 2.40 bits per heavy atom. The second-order valence-electron chi connectivity index (χ2n) is 6.03. The maximum Gasteiger partial charge on any atom is 0.415 e. The van der Waals surface area contributed by atoms with Gasteiger partial charge >= 0.3 is 6.09 Å². The normalized spacial score (nSPS) is 19.2. The highest BCUT2D eigenvalue weighted by Gasteiger charge is 2.43. The van der Waals surface area contributed by atoms with Gasteiger partial charge in [-0.05, 0) is 55.5 Å². The van der Waals surface area contributed by atoms with Crippen molar-refractivity contribution in [3.05, 3.63) is 54.1 Å². The lowest BCUT2D eigenvalue weighted by molar-refractivity contribution is 0.0308. The van der Waals surface area contributed by atoms with Crippen molar-refractivity contribution in [2.45, 2.75) is 12.5 Å². The number of hydrogen-bond acceptors (Lipinski definition) is 5. The van der Waals surface area contributed by atoms with Gasteiger partial charge in [0.2, 0.25) is 0 Å². The molecule has 25 heavy (non-hydrogen) atoms. The Hall–Kier alpha value is -3.20. The van der Waals surface area contributed by atoms with Gasteiger partial charge in [-0.1, -0.05) is 0 Å². The Balaban J connectivity index is 1.65. The van der Waals surface area contributed by atoms with Gasteiger partial charge in [-0.25, -0.2) is 4.79 Å². The zero-order chi connectivity index (χ0) is 17.9. The molecule has 1 saturated heterocycles. The van der Waals surface area contributed by atoms with Crippen LogP contribution in [0.2, 0.25) is 0 Å². The molecule has 3 rings (SSSR count). The van der Waals surface area contributed by atoms with Crippen molar-refractivity contribution < 1.29 is 19.0 Å². The van der Waals surface area contributed by atoms with Gasteiger partial charge in [0, 0.05) is 5.69 Å². The predicted molar refractivity (Wildman–Crippen MR) is 91.9 cm³/mol. The van der Waals surface area contributed by atoms with Crippen LogP contribution >= 0.6 is 0 Å². The molecule has 128 valence electrons. The lowest BCUT2D eigenvalue weighted by Gasteiger charge is -2.22. The molecule has 1 amide bonds. The Kier molecular flexibility index (Phi) is 4.48. The van der Waals surface area contributed by atoms with E-state index in [-0.39, 0.29) is 6.61 Å². The minimum absolute atomic E-state index is 0.220. The summed E-state index contributed by atoms with van der Waals surface area (Å²) in [5, 5.41) is 8.81. The molecule has 1 aliphatic rings. The minimum atomic E-state index is -0.759. The Labute approximate surface area is 146 Å². The number of ether oxygens (including phenoxy) is 3. The molecule has 0 aliphatic carbocycles. The first-order valence-electron chi connectivity index (χ1n) is 7.80. The zero-order valence-electron chi connectivity index (χ0n) is 14.1. The lowest BCUT2D eigenvalue weighted by Crippen LogP contribution is -2.37. The summed E-state index contributed by atoms with van der Waals surface area (Å²) in [7, 11) is 1.59. The van der Waals surface area contributed by atoms with E-state index in [1.165, 1.54) is 0 Å². The Morgan fingerprint density at radius 1 is 1.16 bits per heavy atom. The predicted octanol–water partition coefficient (Wildman–Crippen LogP) is 3.36. The van der Waals surface area contributed by atoms with E-state index < -0.39 is 11.7 Å². The van der Waals surface area contributed by atoms with E-state index in [1.807, 2.05) is 19.1 Å². The molecule has 0 aromatic heterocycles. The van der Waals surface area contributed by atoms with Gasteiger partial charge in [-0.3, -0.25) is 4.90 Å². The molecule has 2 aromatic rings. The van der Waals surface area contributed by atoms with Crippen LogP contribution in [0.25, 0.3) is 0 Å². The van der Waals surface area contributed by atoms with Crippen molar-refractivity contribution in [2.75, 3.05) is 25.2 Å². The second kappa shape index (κ2) is 6.73. The fraction of sp³-hybridized carbons (Fsp3) is 0.263. The van der Waals surface area contributed by atoms with Crippen molar-refractivity contribution in [2.24, 2.45) is 0 Å². The van der Waals surface area contributed by atoms with Crippen LogP contribution in [0.1, 0.15) is 12.5 Å². The van der Waals surface area contributed by atoms with Crippen molar-refractivity contribution in [1.29, 1.82) is 5.26 Å². The molecule has 1 heterocycles. The van der Waals surface area contributed by atoms with Gasteiger partial charge in [0.05, 0.1) is 25.3 Å². The summed E-state index contributed by atoms with van der Waals surface area (Å²) in [5.41, 5.74) is 0.551. The van der Waals surface area contributed by atoms with Crippen LogP contribution < -0.4 is 14.4 Å². The van der Waals surface area contributed by atoms with Crippen LogP contribution in [0.15, 0.2) is 48.5 Å². The van der Waals surface area contributed by atoms with Gasteiger partial charge in [0.15, 0.2) is 5.60 Å². The number of hydrogen-bond donors (Lipinski definition) is 0. The summed E-state index contributed by atoms with van der Waals surface area (Å²) in [6.07, 6.45) is -0.406. The van der Waals surface area contributed by atoms with Crippen molar-refractivity contribution in [3.63, 3.8) is 0 Å². The third-order valence-electron chi connectivity index (χ3n) is 3.96. The molecule has 1 fully saturated rings. The molecule has 0 N–H and O–H groups in total. The molecule has 0 radical (unpaired) electrons. The standard InChI is InChI=1S/C19H18N2O4/c1-19(13-24-17-7-3-14(11-20)4-8-17)12-21(18(22)25-19)15-5-9-16(23-2)10-6-15/h3-10H,12-13H2,1-2H3.